The Morgan fingerprint density at radius 2 is 1.59 bits per heavy atom. The lowest BCUT2D eigenvalue weighted by molar-refractivity contribution is 0.450. The van der Waals surface area contributed by atoms with Crippen molar-refractivity contribution in [2.24, 2.45) is 0 Å². The molecule has 190 valence electrons. The van der Waals surface area contributed by atoms with Gasteiger partial charge in [-0.15, -0.1) is 0 Å². The van der Waals surface area contributed by atoms with E-state index in [0.29, 0.717) is 17.1 Å². The highest BCUT2D eigenvalue weighted by Crippen LogP contribution is 2.40. The van der Waals surface area contributed by atoms with E-state index in [2.05, 4.69) is 22.4 Å². The monoisotopic (exact) mass is 538 g/mol. The van der Waals surface area contributed by atoms with Crippen LogP contribution in [0.5, 0.6) is 0 Å². The lowest BCUT2D eigenvalue weighted by Gasteiger charge is -2.40. The fourth-order valence-corrected chi connectivity index (χ4v) is 6.32. The third-order valence-corrected chi connectivity index (χ3v) is 8.12. The summed E-state index contributed by atoms with van der Waals surface area (Å²) in [6.45, 7) is 0.292. The Hall–Kier alpha value is -3.26. The molecule has 37 heavy (non-hydrogen) atoms. The van der Waals surface area contributed by atoms with Gasteiger partial charge in [0.2, 0.25) is 0 Å². The molecule has 1 saturated heterocycles. The Morgan fingerprint density at radius 1 is 0.973 bits per heavy atom. The molecule has 0 bridgehead atoms. The van der Waals surface area contributed by atoms with Crippen molar-refractivity contribution in [1.82, 2.24) is 10.3 Å². The maximum absolute atomic E-state index is 14.1. The summed E-state index contributed by atoms with van der Waals surface area (Å²) in [6.07, 6.45) is 3.72. The van der Waals surface area contributed by atoms with Gasteiger partial charge < -0.3 is 10.3 Å². The molecule has 2 atom stereocenters. The largest absolute Gasteiger partial charge is 0.365 e. The van der Waals surface area contributed by atoms with Gasteiger partial charge in [0.1, 0.15) is 11.6 Å². The minimum Gasteiger partial charge on any atom is -0.365 e. The zero-order valence-corrected chi connectivity index (χ0v) is 21.6. The van der Waals surface area contributed by atoms with Gasteiger partial charge >= 0.3 is 0 Å². The summed E-state index contributed by atoms with van der Waals surface area (Å²) in [4.78, 5) is 3.16. The molecule has 0 aliphatic carbocycles. The Balaban J connectivity index is 1.60. The number of hydrogen-bond donors (Lipinski definition) is 2. The fraction of sp³-hybridized carbons (Fsp3) is 0.172. The van der Waals surface area contributed by atoms with Crippen molar-refractivity contribution in [2.75, 3.05) is 12.8 Å². The summed E-state index contributed by atoms with van der Waals surface area (Å²) in [5.41, 5.74) is 4.75. The van der Waals surface area contributed by atoms with Crippen LogP contribution in [0.3, 0.4) is 0 Å². The van der Waals surface area contributed by atoms with Gasteiger partial charge in [-0.1, -0.05) is 48.0 Å². The predicted octanol–water partition coefficient (Wildman–Crippen LogP) is 6.10. The highest BCUT2D eigenvalue weighted by atomic mass is 35.5. The van der Waals surface area contributed by atoms with Crippen LogP contribution in [0.25, 0.3) is 4.91 Å². The smallest absolute Gasteiger partial charge is 0.176 e. The molecule has 4 aromatic rings. The van der Waals surface area contributed by atoms with E-state index in [9.17, 15) is 17.2 Å². The standard InChI is InChI=1S/C29H25ClF2N2O2S/c1-37(35,36)29(21-14-23(31)16-24(32)15-21)26-17-34-28(26)27(20-8-10-22(30)11-9-20)19-6-4-18(5-7-19)13-25-3-2-12-33-25/h2-12,14-16,27-28,33-34H,13,17H2,1H3. The molecule has 0 spiro atoms. The van der Waals surface area contributed by atoms with Crippen molar-refractivity contribution in [3.8, 4) is 0 Å². The van der Waals surface area contributed by atoms with Crippen molar-refractivity contribution >= 4 is 26.3 Å². The maximum Gasteiger partial charge on any atom is 0.176 e. The molecule has 2 unspecified atom stereocenters. The van der Waals surface area contributed by atoms with Crippen molar-refractivity contribution < 1.29 is 17.2 Å². The first-order valence-corrected chi connectivity index (χ1v) is 14.1. The number of sulfone groups is 1. The van der Waals surface area contributed by atoms with Gasteiger partial charge in [0, 0.05) is 54.2 Å². The highest BCUT2D eigenvalue weighted by molar-refractivity contribution is 8.00. The average Bonchev–Trinajstić information content (AvgIpc) is 3.33. The summed E-state index contributed by atoms with van der Waals surface area (Å²) in [7, 11) is -3.80. The summed E-state index contributed by atoms with van der Waals surface area (Å²) < 4.78 is 54.0. The van der Waals surface area contributed by atoms with Crippen LogP contribution in [0, 0.1) is 11.6 Å². The van der Waals surface area contributed by atoms with Gasteiger partial charge in [0.05, 0.1) is 4.91 Å². The Morgan fingerprint density at radius 3 is 2.11 bits per heavy atom. The molecule has 8 heteroatoms. The third kappa shape index (κ3) is 5.54. The first-order valence-electron chi connectivity index (χ1n) is 11.8. The van der Waals surface area contributed by atoms with E-state index < -0.39 is 27.5 Å². The molecule has 1 aliphatic heterocycles. The first kappa shape index (κ1) is 25.4. The van der Waals surface area contributed by atoms with Crippen LogP contribution in [-0.4, -0.2) is 32.2 Å². The van der Waals surface area contributed by atoms with E-state index in [0.717, 1.165) is 53.3 Å². The number of benzene rings is 3. The quantitative estimate of drug-likeness (QED) is 0.299. The van der Waals surface area contributed by atoms with Gasteiger partial charge in [-0.25, -0.2) is 17.2 Å². The zero-order chi connectivity index (χ0) is 26.2. The van der Waals surface area contributed by atoms with Crippen molar-refractivity contribution in [1.29, 1.82) is 0 Å². The summed E-state index contributed by atoms with van der Waals surface area (Å²) in [6, 6.07) is 22.1. The molecule has 3 aromatic carbocycles. The van der Waals surface area contributed by atoms with E-state index in [1.54, 1.807) is 12.1 Å². The Labute approximate surface area is 219 Å². The van der Waals surface area contributed by atoms with Crippen LogP contribution in [-0.2, 0) is 16.3 Å². The van der Waals surface area contributed by atoms with Crippen LogP contribution < -0.4 is 5.32 Å². The van der Waals surface area contributed by atoms with Gasteiger partial charge in [0.15, 0.2) is 9.84 Å². The van der Waals surface area contributed by atoms with E-state index in [-0.39, 0.29) is 16.4 Å². The molecule has 2 heterocycles. The first-order chi connectivity index (χ1) is 17.7. The topological polar surface area (TPSA) is 62.0 Å². The van der Waals surface area contributed by atoms with Crippen LogP contribution >= 0.6 is 11.6 Å². The predicted molar refractivity (Wildman–Crippen MR) is 143 cm³/mol. The number of aromatic amines is 1. The van der Waals surface area contributed by atoms with Crippen LogP contribution in [0.15, 0.2) is 90.6 Å². The SMILES string of the molecule is CS(=O)(=O)C(=C1CNC1C(c1ccc(Cl)cc1)c1ccc(Cc2ccc[nH]2)cc1)c1cc(F)cc(F)c1. The van der Waals surface area contributed by atoms with Gasteiger partial charge in [-0.3, -0.25) is 0 Å². The number of rotatable bonds is 7. The molecule has 1 aliphatic rings. The minimum atomic E-state index is -3.80. The van der Waals surface area contributed by atoms with Crippen LogP contribution in [0.4, 0.5) is 8.78 Å². The lowest BCUT2D eigenvalue weighted by atomic mass is 9.77. The molecule has 1 fully saturated rings. The molecular formula is C29H25ClF2N2O2S. The lowest BCUT2D eigenvalue weighted by Crippen LogP contribution is -2.51. The number of aromatic nitrogens is 1. The van der Waals surface area contributed by atoms with Crippen LogP contribution in [0.2, 0.25) is 5.02 Å². The molecule has 0 saturated carbocycles. The second kappa shape index (κ2) is 10.2. The van der Waals surface area contributed by atoms with Crippen molar-refractivity contribution in [3.63, 3.8) is 0 Å². The van der Waals surface area contributed by atoms with Gasteiger partial charge in [-0.2, -0.15) is 0 Å². The zero-order valence-electron chi connectivity index (χ0n) is 20.0. The molecule has 2 N–H and O–H groups in total. The maximum atomic E-state index is 14.1. The normalized spacial score (nSPS) is 17.8. The molecule has 0 amide bonds. The number of halogens is 3. The molecule has 5 rings (SSSR count). The van der Waals surface area contributed by atoms with Gasteiger partial charge in [-0.05, 0) is 64.2 Å². The molecule has 4 nitrogen and oxygen atoms in total. The third-order valence-electron chi connectivity index (χ3n) is 6.63. The van der Waals surface area contributed by atoms with Crippen LogP contribution in [0.1, 0.15) is 33.9 Å². The minimum absolute atomic E-state index is 0.0117. The molecular weight excluding hydrogens is 514 g/mol. The fourth-order valence-electron chi connectivity index (χ4n) is 4.97. The van der Waals surface area contributed by atoms with E-state index in [4.69, 9.17) is 11.6 Å². The van der Waals surface area contributed by atoms with Crippen molar-refractivity contribution in [2.45, 2.75) is 18.4 Å². The molecule has 0 radical (unpaired) electrons. The second-order valence-corrected chi connectivity index (χ2v) is 11.7. The number of hydrogen-bond acceptors (Lipinski definition) is 3. The number of H-pyrrole nitrogens is 1. The van der Waals surface area contributed by atoms with E-state index in [1.807, 2.05) is 42.6 Å². The van der Waals surface area contributed by atoms with Gasteiger partial charge in [0.25, 0.3) is 0 Å². The summed E-state index contributed by atoms with van der Waals surface area (Å²) in [5, 5.41) is 3.95. The van der Waals surface area contributed by atoms with Crippen molar-refractivity contribution in [3.05, 3.63) is 135 Å². The summed E-state index contributed by atoms with van der Waals surface area (Å²) in [5.74, 6) is -1.91. The Bertz CT molecular complexity index is 1530. The molecule has 1 aromatic heterocycles. The van der Waals surface area contributed by atoms with E-state index in [1.165, 1.54) is 0 Å². The average molecular weight is 539 g/mol. The Kier molecular flexibility index (Phi) is 7.03. The number of nitrogens with one attached hydrogen (secondary N) is 2. The van der Waals surface area contributed by atoms with E-state index >= 15 is 0 Å². The highest BCUT2D eigenvalue weighted by Gasteiger charge is 2.38. The second-order valence-electron chi connectivity index (χ2n) is 9.29. The summed E-state index contributed by atoms with van der Waals surface area (Å²) >= 11 is 6.15.